The Hall–Kier alpha value is -3.21. The lowest BCUT2D eigenvalue weighted by Gasteiger charge is -2.34. The van der Waals surface area contributed by atoms with Gasteiger partial charge in [-0.25, -0.2) is 18.9 Å². The number of hydrogen-bond acceptors (Lipinski definition) is 7. The maximum absolute atomic E-state index is 13.0. The van der Waals surface area contributed by atoms with Crippen molar-refractivity contribution in [3.63, 3.8) is 0 Å². The molecule has 2 heterocycles. The average Bonchev–Trinajstić information content (AvgIpc) is 3.35. The number of H-pyrrole nitrogens is 1. The highest BCUT2D eigenvalue weighted by atomic mass is 32.2. The number of hydrogen-bond donors (Lipinski definition) is 3. The molecule has 1 saturated heterocycles. The number of aromatic nitrogens is 2. The molecule has 1 aromatic heterocycles. The Kier molecular flexibility index (Phi) is 6.26. The van der Waals surface area contributed by atoms with Crippen molar-refractivity contribution in [1.82, 2.24) is 15.4 Å². The van der Waals surface area contributed by atoms with Crippen molar-refractivity contribution < 1.29 is 27.9 Å². The van der Waals surface area contributed by atoms with Gasteiger partial charge in [-0.2, -0.15) is 0 Å². The molecule has 1 aliphatic rings. The van der Waals surface area contributed by atoms with Gasteiger partial charge in [0.25, 0.3) is 5.91 Å². The van der Waals surface area contributed by atoms with E-state index in [0.29, 0.717) is 11.5 Å². The molecule has 0 atom stereocenters. The van der Waals surface area contributed by atoms with Crippen LogP contribution in [0.5, 0.6) is 11.5 Å². The number of ether oxygens (including phenoxy) is 2. The second-order valence-electron chi connectivity index (χ2n) is 7.63. The summed E-state index contributed by atoms with van der Waals surface area (Å²) in [6.07, 6.45) is 3.85. The van der Waals surface area contributed by atoms with Gasteiger partial charge in [-0.15, -0.1) is 0 Å². The quantitative estimate of drug-likeness (QED) is 0.367. The summed E-state index contributed by atoms with van der Waals surface area (Å²) in [7, 11) is -3.79. The Morgan fingerprint density at radius 3 is 2.28 bits per heavy atom. The van der Waals surface area contributed by atoms with Gasteiger partial charge >= 0.3 is 0 Å². The molecule has 1 aliphatic heterocycles. The fourth-order valence-corrected chi connectivity index (χ4v) is 5.58. The molecule has 3 aromatic rings. The number of nitrogens with one attached hydrogen (secondary N) is 2. The predicted octanol–water partition coefficient (Wildman–Crippen LogP) is 2.94. The Labute approximate surface area is 185 Å². The Bertz CT molecular complexity index is 1150. The highest BCUT2D eigenvalue weighted by molar-refractivity contribution is 7.91. The Balaban J connectivity index is 1.47. The highest BCUT2D eigenvalue weighted by Gasteiger charge is 2.44. The number of sulfone groups is 1. The summed E-state index contributed by atoms with van der Waals surface area (Å²) >= 11 is 0. The molecule has 1 fully saturated rings. The van der Waals surface area contributed by atoms with Crippen LogP contribution in [0.3, 0.4) is 0 Å². The van der Waals surface area contributed by atoms with Crippen LogP contribution in [0, 0.1) is 5.41 Å². The fraction of sp³-hybridized carbons (Fsp3) is 0.273. The zero-order chi connectivity index (χ0) is 22.6. The van der Waals surface area contributed by atoms with E-state index in [1.165, 1.54) is 12.1 Å². The van der Waals surface area contributed by atoms with Gasteiger partial charge in [-0.05, 0) is 61.4 Å². The van der Waals surface area contributed by atoms with Gasteiger partial charge in [0.2, 0.25) is 0 Å². The molecule has 10 heteroatoms. The molecule has 1 amide bonds. The van der Waals surface area contributed by atoms with Crippen LogP contribution in [0.2, 0.25) is 0 Å². The predicted molar refractivity (Wildman–Crippen MR) is 115 cm³/mol. The number of carbonyl (C=O) groups excluding carboxylic acids is 1. The summed E-state index contributed by atoms with van der Waals surface area (Å²) in [6, 6.07) is 13.4. The monoisotopic (exact) mass is 457 g/mol. The third-order valence-corrected chi connectivity index (χ3v) is 7.47. The summed E-state index contributed by atoms with van der Waals surface area (Å²) in [5.41, 5.74) is 1.30. The minimum absolute atomic E-state index is 0.0784. The number of amides is 1. The van der Waals surface area contributed by atoms with Gasteiger partial charge in [-0.1, -0.05) is 0 Å². The van der Waals surface area contributed by atoms with Crippen molar-refractivity contribution in [3.8, 4) is 22.9 Å². The SMILES string of the molecule is O=C(NO)C1(CS(=O)(=O)c2ccc(Oc3ccc(-c4ncc[nH]4)cc3)cc2)CCOCC1. The van der Waals surface area contributed by atoms with E-state index >= 15 is 0 Å². The molecule has 0 saturated carbocycles. The van der Waals surface area contributed by atoms with E-state index in [2.05, 4.69) is 9.97 Å². The van der Waals surface area contributed by atoms with E-state index in [4.69, 9.17) is 14.7 Å². The topological polar surface area (TPSA) is 131 Å². The van der Waals surface area contributed by atoms with Crippen molar-refractivity contribution in [2.75, 3.05) is 19.0 Å². The van der Waals surface area contributed by atoms with Gasteiger partial charge in [0.15, 0.2) is 9.84 Å². The van der Waals surface area contributed by atoms with Crippen molar-refractivity contribution in [2.24, 2.45) is 5.41 Å². The lowest BCUT2D eigenvalue weighted by molar-refractivity contribution is -0.143. The first-order chi connectivity index (χ1) is 15.4. The maximum atomic E-state index is 13.0. The molecule has 0 radical (unpaired) electrons. The number of nitrogens with zero attached hydrogens (tertiary/aromatic N) is 1. The minimum Gasteiger partial charge on any atom is -0.457 e. The normalized spacial score (nSPS) is 15.8. The number of hydroxylamine groups is 1. The largest absolute Gasteiger partial charge is 0.457 e. The van der Waals surface area contributed by atoms with Crippen LogP contribution in [-0.4, -0.2) is 48.5 Å². The molecule has 0 aliphatic carbocycles. The summed E-state index contributed by atoms with van der Waals surface area (Å²) in [6.45, 7) is 0.517. The first-order valence-electron chi connectivity index (χ1n) is 10.0. The van der Waals surface area contributed by atoms with Crippen LogP contribution in [0.1, 0.15) is 12.8 Å². The molecule has 2 aromatic carbocycles. The lowest BCUT2D eigenvalue weighted by Crippen LogP contribution is -2.47. The van der Waals surface area contributed by atoms with E-state index in [0.717, 1.165) is 11.4 Å². The van der Waals surface area contributed by atoms with Gasteiger partial charge < -0.3 is 14.5 Å². The van der Waals surface area contributed by atoms with Gasteiger partial charge in [-0.3, -0.25) is 10.0 Å². The standard InChI is InChI=1S/C22H23N3O6S/c26-21(25-27)22(9-13-30-14-10-22)15-32(28,29)19-7-5-18(6-8-19)31-17-3-1-16(2-4-17)20-23-11-12-24-20/h1-8,11-12,27H,9-10,13-15H2,(H,23,24)(H,25,26). The molecule has 3 N–H and O–H groups in total. The zero-order valence-corrected chi connectivity index (χ0v) is 18.0. The van der Waals surface area contributed by atoms with Gasteiger partial charge in [0.1, 0.15) is 17.3 Å². The number of imidazole rings is 1. The molecule has 0 bridgehead atoms. The molecule has 168 valence electrons. The summed E-state index contributed by atoms with van der Waals surface area (Å²) in [5, 5.41) is 9.11. The van der Waals surface area contributed by atoms with Crippen LogP contribution in [-0.2, 0) is 19.4 Å². The van der Waals surface area contributed by atoms with E-state index in [1.807, 2.05) is 12.1 Å². The minimum atomic E-state index is -3.79. The van der Waals surface area contributed by atoms with E-state index in [1.54, 1.807) is 42.1 Å². The van der Waals surface area contributed by atoms with Crippen molar-refractivity contribution in [3.05, 3.63) is 60.9 Å². The zero-order valence-electron chi connectivity index (χ0n) is 17.2. The molecule has 0 spiro atoms. The van der Waals surface area contributed by atoms with Crippen LogP contribution in [0.25, 0.3) is 11.4 Å². The van der Waals surface area contributed by atoms with Crippen LogP contribution < -0.4 is 10.2 Å². The van der Waals surface area contributed by atoms with E-state index in [9.17, 15) is 13.2 Å². The molecule has 4 rings (SSSR count). The molecule has 0 unspecified atom stereocenters. The number of benzene rings is 2. The summed E-state index contributed by atoms with van der Waals surface area (Å²) < 4.78 is 37.1. The van der Waals surface area contributed by atoms with Gasteiger partial charge in [0.05, 0.1) is 16.1 Å². The third-order valence-electron chi connectivity index (χ3n) is 5.54. The summed E-state index contributed by atoms with van der Waals surface area (Å²) in [5.74, 6) is 0.704. The lowest BCUT2D eigenvalue weighted by atomic mass is 9.81. The first kappa shape index (κ1) is 22.0. The number of aromatic amines is 1. The molecule has 32 heavy (non-hydrogen) atoms. The number of rotatable bonds is 7. The van der Waals surface area contributed by atoms with Crippen molar-refractivity contribution in [2.45, 2.75) is 17.7 Å². The number of carbonyl (C=O) groups is 1. The van der Waals surface area contributed by atoms with E-state index in [-0.39, 0.29) is 31.0 Å². The average molecular weight is 458 g/mol. The van der Waals surface area contributed by atoms with Crippen LogP contribution in [0.4, 0.5) is 0 Å². The van der Waals surface area contributed by atoms with Crippen molar-refractivity contribution >= 4 is 15.7 Å². The van der Waals surface area contributed by atoms with Crippen LogP contribution >= 0.6 is 0 Å². The Morgan fingerprint density at radius 2 is 1.72 bits per heavy atom. The molecular formula is C22H23N3O6S. The molecular weight excluding hydrogens is 434 g/mol. The van der Waals surface area contributed by atoms with Gasteiger partial charge in [0, 0.05) is 31.2 Å². The Morgan fingerprint density at radius 1 is 1.09 bits per heavy atom. The second kappa shape index (κ2) is 9.11. The van der Waals surface area contributed by atoms with Crippen molar-refractivity contribution in [1.29, 1.82) is 0 Å². The first-order valence-corrected chi connectivity index (χ1v) is 11.7. The second-order valence-corrected chi connectivity index (χ2v) is 9.62. The fourth-order valence-electron chi connectivity index (χ4n) is 3.72. The van der Waals surface area contributed by atoms with E-state index < -0.39 is 26.9 Å². The smallest absolute Gasteiger partial charge is 0.250 e. The highest BCUT2D eigenvalue weighted by Crippen LogP contribution is 2.35. The summed E-state index contributed by atoms with van der Waals surface area (Å²) in [4.78, 5) is 19.6. The van der Waals surface area contributed by atoms with Crippen LogP contribution in [0.15, 0.2) is 65.8 Å². The maximum Gasteiger partial charge on any atom is 0.250 e. The molecule has 9 nitrogen and oxygen atoms in total. The third kappa shape index (κ3) is 4.67.